The predicted molar refractivity (Wildman–Crippen MR) is 48.8 cm³/mol. The van der Waals surface area contributed by atoms with Crippen LogP contribution < -0.4 is 17.2 Å². The van der Waals surface area contributed by atoms with Gasteiger partial charge in [-0.1, -0.05) is 6.58 Å². The number of primary amides is 2. The van der Waals surface area contributed by atoms with E-state index < -0.39 is 23.8 Å². The summed E-state index contributed by atoms with van der Waals surface area (Å²) in [5, 5.41) is 8.10. The highest BCUT2D eigenvalue weighted by molar-refractivity contribution is 5.85. The molecular weight excluding hydrogens is 190 g/mol. The van der Waals surface area contributed by atoms with Gasteiger partial charge in [-0.2, -0.15) is 0 Å². The minimum Gasteiger partial charge on any atom is -0.480 e. The van der Waals surface area contributed by atoms with Crippen LogP contribution in [0.15, 0.2) is 12.7 Å². The second kappa shape index (κ2) is 7.74. The van der Waals surface area contributed by atoms with Crippen LogP contribution in [-0.2, 0) is 14.4 Å². The summed E-state index contributed by atoms with van der Waals surface area (Å²) in [6.07, 6.45) is 0.745. The molecule has 7 N–H and O–H groups in total. The molecule has 0 aliphatic carbocycles. The highest BCUT2D eigenvalue weighted by atomic mass is 16.4. The Balaban J connectivity index is 0. The van der Waals surface area contributed by atoms with Crippen LogP contribution >= 0.6 is 0 Å². The highest BCUT2D eigenvalue weighted by Gasteiger charge is 2.13. The largest absolute Gasteiger partial charge is 0.480 e. The molecule has 0 aliphatic rings. The Labute approximate surface area is 80.5 Å². The number of carbonyl (C=O) groups excluding carboxylic acids is 2. The molecule has 0 aromatic rings. The molecule has 0 spiro atoms. The van der Waals surface area contributed by atoms with E-state index in [2.05, 4.69) is 18.0 Å². The SMILES string of the molecule is C=CC(N)=O.NC(=O)CC(N)C(=O)O. The Hall–Kier alpha value is -1.89. The van der Waals surface area contributed by atoms with Gasteiger partial charge in [0.25, 0.3) is 0 Å². The van der Waals surface area contributed by atoms with E-state index in [1.54, 1.807) is 0 Å². The number of carbonyl (C=O) groups is 3. The molecule has 7 heteroatoms. The molecule has 1 unspecified atom stereocenters. The van der Waals surface area contributed by atoms with Crippen molar-refractivity contribution >= 4 is 17.8 Å². The monoisotopic (exact) mass is 203 g/mol. The van der Waals surface area contributed by atoms with Gasteiger partial charge in [-0.3, -0.25) is 14.4 Å². The summed E-state index contributed by atoms with van der Waals surface area (Å²) in [7, 11) is 0. The first-order valence-corrected chi connectivity index (χ1v) is 3.49. The zero-order chi connectivity index (χ0) is 11.7. The van der Waals surface area contributed by atoms with E-state index in [1.165, 1.54) is 0 Å². The van der Waals surface area contributed by atoms with Gasteiger partial charge in [0, 0.05) is 0 Å². The number of hydrogen-bond donors (Lipinski definition) is 4. The van der Waals surface area contributed by atoms with Crippen molar-refractivity contribution in [1.29, 1.82) is 0 Å². The molecule has 0 heterocycles. The predicted octanol–water partition coefficient (Wildman–Crippen LogP) is -2.07. The molecule has 0 fully saturated rings. The second-order valence-electron chi connectivity index (χ2n) is 2.22. The van der Waals surface area contributed by atoms with Crippen LogP contribution in [0.2, 0.25) is 0 Å². The second-order valence-corrected chi connectivity index (χ2v) is 2.22. The summed E-state index contributed by atoms with van der Waals surface area (Å²) in [6.45, 7) is 3.09. The van der Waals surface area contributed by atoms with Crippen molar-refractivity contribution < 1.29 is 19.5 Å². The Morgan fingerprint density at radius 1 is 1.36 bits per heavy atom. The molecule has 0 aliphatic heterocycles. The van der Waals surface area contributed by atoms with Gasteiger partial charge in [-0.25, -0.2) is 0 Å². The quantitative estimate of drug-likeness (QED) is 0.387. The third-order valence-corrected chi connectivity index (χ3v) is 0.939. The van der Waals surface area contributed by atoms with Crippen molar-refractivity contribution in [2.45, 2.75) is 12.5 Å². The van der Waals surface area contributed by atoms with Gasteiger partial charge in [0.05, 0.1) is 6.42 Å². The first-order valence-electron chi connectivity index (χ1n) is 3.49. The van der Waals surface area contributed by atoms with Crippen LogP contribution in [0.3, 0.4) is 0 Å². The summed E-state index contributed by atoms with van der Waals surface area (Å²) in [4.78, 5) is 29.4. The van der Waals surface area contributed by atoms with E-state index in [-0.39, 0.29) is 6.42 Å². The Morgan fingerprint density at radius 2 is 1.71 bits per heavy atom. The van der Waals surface area contributed by atoms with Crippen LogP contribution in [0, 0.1) is 0 Å². The molecule has 14 heavy (non-hydrogen) atoms. The number of amides is 2. The molecule has 80 valence electrons. The standard InChI is InChI=1S/C4H8N2O3.C3H5NO/c5-2(4(8)9)1-3(6)7;1-2-3(4)5/h2H,1,5H2,(H2,6,7)(H,8,9);2H,1H2,(H2,4,5). The maximum Gasteiger partial charge on any atom is 0.321 e. The Bertz CT molecular complexity index is 239. The lowest BCUT2D eigenvalue weighted by molar-refractivity contribution is -0.140. The first kappa shape index (κ1) is 14.6. The van der Waals surface area contributed by atoms with E-state index in [0.29, 0.717) is 0 Å². The fourth-order valence-corrected chi connectivity index (χ4v) is 0.304. The number of carboxylic acids is 1. The fourth-order valence-electron chi connectivity index (χ4n) is 0.304. The van der Waals surface area contributed by atoms with E-state index in [1.807, 2.05) is 0 Å². The smallest absolute Gasteiger partial charge is 0.321 e. The summed E-state index contributed by atoms with van der Waals surface area (Å²) >= 11 is 0. The summed E-state index contributed by atoms with van der Waals surface area (Å²) in [5.74, 6) is -2.40. The van der Waals surface area contributed by atoms with Crippen molar-refractivity contribution in [1.82, 2.24) is 0 Å². The molecule has 0 aromatic carbocycles. The molecule has 0 radical (unpaired) electrons. The number of aliphatic carboxylic acids is 1. The molecule has 1 atom stereocenters. The normalized spacial score (nSPS) is 10.4. The highest BCUT2D eigenvalue weighted by Crippen LogP contribution is 1.84. The van der Waals surface area contributed by atoms with Crippen molar-refractivity contribution in [3.05, 3.63) is 12.7 Å². The van der Waals surface area contributed by atoms with Crippen molar-refractivity contribution in [3.8, 4) is 0 Å². The van der Waals surface area contributed by atoms with Gasteiger partial charge in [0.15, 0.2) is 0 Å². The fraction of sp³-hybridized carbons (Fsp3) is 0.286. The molecule has 0 saturated carbocycles. The lowest BCUT2D eigenvalue weighted by Gasteiger charge is -1.99. The maximum absolute atomic E-state index is 9.99. The van der Waals surface area contributed by atoms with Gasteiger partial charge in [0.2, 0.25) is 11.8 Å². The maximum atomic E-state index is 9.99. The van der Waals surface area contributed by atoms with Crippen LogP contribution in [0.4, 0.5) is 0 Å². The van der Waals surface area contributed by atoms with Crippen molar-refractivity contribution in [2.75, 3.05) is 0 Å². The van der Waals surface area contributed by atoms with Gasteiger partial charge in [0.1, 0.15) is 6.04 Å². The van der Waals surface area contributed by atoms with E-state index in [4.69, 9.17) is 10.8 Å². The third-order valence-electron chi connectivity index (χ3n) is 0.939. The number of hydrogen-bond acceptors (Lipinski definition) is 4. The molecular formula is C7H13N3O4. The Morgan fingerprint density at radius 3 is 1.79 bits per heavy atom. The third kappa shape index (κ3) is 12.8. The van der Waals surface area contributed by atoms with Gasteiger partial charge in [-0.05, 0) is 6.08 Å². The van der Waals surface area contributed by atoms with Crippen LogP contribution in [-0.4, -0.2) is 28.9 Å². The number of carboxylic acid groups (broad SMARTS) is 1. The average molecular weight is 203 g/mol. The van der Waals surface area contributed by atoms with Gasteiger partial charge in [-0.15, -0.1) is 0 Å². The molecule has 7 nitrogen and oxygen atoms in total. The molecule has 0 bridgehead atoms. The van der Waals surface area contributed by atoms with E-state index in [0.717, 1.165) is 6.08 Å². The minimum atomic E-state index is -1.21. The average Bonchev–Trinajstić information content (AvgIpc) is 2.04. The van der Waals surface area contributed by atoms with Crippen LogP contribution in [0.1, 0.15) is 6.42 Å². The summed E-state index contributed by atoms with van der Waals surface area (Å²) < 4.78 is 0. The van der Waals surface area contributed by atoms with Crippen LogP contribution in [0.5, 0.6) is 0 Å². The molecule has 0 aromatic heterocycles. The van der Waals surface area contributed by atoms with Gasteiger partial charge < -0.3 is 22.3 Å². The lowest BCUT2D eigenvalue weighted by atomic mass is 10.2. The number of rotatable bonds is 4. The first-order chi connectivity index (χ1) is 6.31. The van der Waals surface area contributed by atoms with E-state index in [9.17, 15) is 14.4 Å². The van der Waals surface area contributed by atoms with E-state index >= 15 is 0 Å². The number of nitrogens with two attached hydrogens (primary N) is 3. The lowest BCUT2D eigenvalue weighted by Crippen LogP contribution is -2.34. The zero-order valence-corrected chi connectivity index (χ0v) is 7.47. The zero-order valence-electron chi connectivity index (χ0n) is 7.47. The van der Waals surface area contributed by atoms with Crippen LogP contribution in [0.25, 0.3) is 0 Å². The van der Waals surface area contributed by atoms with Crippen molar-refractivity contribution in [2.24, 2.45) is 17.2 Å². The summed E-state index contributed by atoms with van der Waals surface area (Å²) in [6, 6.07) is -1.16. The Kier molecular flexibility index (Phi) is 8.09. The molecule has 0 saturated heterocycles. The minimum absolute atomic E-state index is 0.310. The van der Waals surface area contributed by atoms with Crippen molar-refractivity contribution in [3.63, 3.8) is 0 Å². The topological polar surface area (TPSA) is 150 Å². The molecule has 0 rings (SSSR count). The summed E-state index contributed by atoms with van der Waals surface area (Å²) in [5.41, 5.74) is 14.1. The van der Waals surface area contributed by atoms with Gasteiger partial charge >= 0.3 is 5.97 Å². The molecule has 2 amide bonds.